The van der Waals surface area contributed by atoms with Gasteiger partial charge in [0.2, 0.25) is 11.8 Å². The minimum atomic E-state index is -0.285. The zero-order valence-corrected chi connectivity index (χ0v) is 24.2. The van der Waals surface area contributed by atoms with Crippen molar-refractivity contribution in [2.75, 3.05) is 32.0 Å². The summed E-state index contributed by atoms with van der Waals surface area (Å²) in [5, 5.41) is 2.79. The van der Waals surface area contributed by atoms with Gasteiger partial charge < -0.3 is 15.1 Å². The second-order valence-corrected chi connectivity index (χ2v) is 11.0. The molecule has 0 aliphatic carbocycles. The van der Waals surface area contributed by atoms with Crippen LogP contribution < -0.4 is 10.9 Å². The largest absolute Gasteiger partial charge is 0.336 e. The number of hydrogen-bond acceptors (Lipinski definition) is 5. The van der Waals surface area contributed by atoms with E-state index in [1.165, 1.54) is 17.7 Å². The fraction of sp³-hybridized carbons (Fsp3) is 0.333. The van der Waals surface area contributed by atoms with Crippen molar-refractivity contribution in [2.45, 2.75) is 46.2 Å². The summed E-state index contributed by atoms with van der Waals surface area (Å²) in [5.74, 6) is -0.225. The van der Waals surface area contributed by atoms with Crippen molar-refractivity contribution in [1.29, 1.82) is 0 Å². The fourth-order valence-electron chi connectivity index (χ4n) is 5.51. The summed E-state index contributed by atoms with van der Waals surface area (Å²) in [6.45, 7) is 8.22. The van der Waals surface area contributed by atoms with Gasteiger partial charge in [0.15, 0.2) is 0 Å². The molecule has 8 nitrogen and oxygen atoms in total. The molecule has 2 amide bonds. The Labute approximate surface area is 240 Å². The average Bonchev–Trinajstić information content (AvgIpc) is 3.48. The van der Waals surface area contributed by atoms with Gasteiger partial charge in [-0.2, -0.15) is 0 Å². The summed E-state index contributed by atoms with van der Waals surface area (Å²) >= 11 is 0. The van der Waals surface area contributed by atoms with Gasteiger partial charge in [-0.25, -0.2) is 4.98 Å². The van der Waals surface area contributed by atoms with Crippen LogP contribution in [0.2, 0.25) is 0 Å². The van der Waals surface area contributed by atoms with E-state index in [2.05, 4.69) is 39.5 Å². The fourth-order valence-corrected chi connectivity index (χ4v) is 5.51. The number of benzene rings is 3. The van der Waals surface area contributed by atoms with Crippen LogP contribution in [0.5, 0.6) is 0 Å². The minimum Gasteiger partial charge on any atom is -0.336 e. The quantitative estimate of drug-likeness (QED) is 0.335. The number of nitrogens with one attached hydrogen (secondary N) is 1. The average molecular weight is 552 g/mol. The number of rotatable bonds is 8. The summed E-state index contributed by atoms with van der Waals surface area (Å²) in [7, 11) is 1.83. The van der Waals surface area contributed by atoms with Crippen molar-refractivity contribution in [1.82, 2.24) is 19.4 Å². The molecule has 1 aliphatic rings. The topological polar surface area (TPSA) is 87.5 Å². The van der Waals surface area contributed by atoms with E-state index in [0.717, 1.165) is 66.0 Å². The second-order valence-electron chi connectivity index (χ2n) is 11.0. The van der Waals surface area contributed by atoms with Crippen LogP contribution in [0.4, 0.5) is 5.69 Å². The molecule has 212 valence electrons. The molecule has 1 N–H and O–H groups in total. The molecule has 1 saturated heterocycles. The van der Waals surface area contributed by atoms with Crippen LogP contribution in [0, 0.1) is 13.8 Å². The molecule has 1 fully saturated rings. The van der Waals surface area contributed by atoms with E-state index in [1.807, 2.05) is 57.3 Å². The van der Waals surface area contributed by atoms with Gasteiger partial charge in [-0.05, 0) is 91.9 Å². The maximum absolute atomic E-state index is 13.7. The Hall–Kier alpha value is -4.30. The van der Waals surface area contributed by atoms with Gasteiger partial charge in [-0.1, -0.05) is 36.4 Å². The minimum absolute atomic E-state index is 0.0495. The number of hydrogen-bond donors (Lipinski definition) is 1. The summed E-state index contributed by atoms with van der Waals surface area (Å²) in [6, 6.07) is 19.8. The normalized spacial score (nSPS) is 14.2. The monoisotopic (exact) mass is 551 g/mol. The number of carbonyl (C=O) groups is 2. The van der Waals surface area contributed by atoms with Gasteiger partial charge >= 0.3 is 0 Å². The van der Waals surface area contributed by atoms with E-state index < -0.39 is 0 Å². The number of aromatic nitrogens is 2. The third kappa shape index (κ3) is 6.38. The molecular weight excluding hydrogens is 514 g/mol. The highest BCUT2D eigenvalue weighted by Crippen LogP contribution is 2.28. The highest BCUT2D eigenvalue weighted by molar-refractivity contribution is 5.89. The van der Waals surface area contributed by atoms with E-state index >= 15 is 0 Å². The molecule has 2 heterocycles. The Balaban J connectivity index is 1.40. The number of aryl methyl sites for hydroxylation is 2. The first-order valence-corrected chi connectivity index (χ1v) is 14.1. The molecular formula is C33H37N5O3. The van der Waals surface area contributed by atoms with E-state index in [4.69, 9.17) is 0 Å². The Kier molecular flexibility index (Phi) is 8.31. The van der Waals surface area contributed by atoms with E-state index in [1.54, 1.807) is 4.90 Å². The molecule has 0 bridgehead atoms. The lowest BCUT2D eigenvalue weighted by Gasteiger charge is -2.32. The lowest BCUT2D eigenvalue weighted by atomic mass is 9.99. The van der Waals surface area contributed by atoms with Crippen molar-refractivity contribution in [2.24, 2.45) is 0 Å². The van der Waals surface area contributed by atoms with Crippen molar-refractivity contribution in [3.63, 3.8) is 0 Å². The SMILES string of the molecule is CC(=O)Nc1ccc(-c2ccc(C(CN3CCCC3)N(C)C(=O)Cn3c(=O)cnc4cc(C)c(C)cc43)cc2)cc1. The molecule has 4 aromatic rings. The molecule has 1 aromatic heterocycles. The zero-order valence-electron chi connectivity index (χ0n) is 24.2. The predicted octanol–water partition coefficient (Wildman–Crippen LogP) is 4.93. The summed E-state index contributed by atoms with van der Waals surface area (Å²) in [4.78, 5) is 46.4. The van der Waals surface area contributed by atoms with Gasteiger partial charge in [-0.3, -0.25) is 19.0 Å². The van der Waals surface area contributed by atoms with E-state index in [0.29, 0.717) is 11.0 Å². The third-order valence-corrected chi connectivity index (χ3v) is 8.08. The number of fused-ring (bicyclic) bond motifs is 1. The van der Waals surface area contributed by atoms with Crippen LogP contribution in [-0.2, 0) is 16.1 Å². The van der Waals surface area contributed by atoms with Gasteiger partial charge in [-0.15, -0.1) is 0 Å². The van der Waals surface area contributed by atoms with Gasteiger partial charge in [0, 0.05) is 26.2 Å². The number of carbonyl (C=O) groups excluding carboxylic acids is 2. The Bertz CT molecular complexity index is 1620. The number of anilines is 1. The first-order valence-electron chi connectivity index (χ1n) is 14.1. The zero-order chi connectivity index (χ0) is 29.1. The highest BCUT2D eigenvalue weighted by atomic mass is 16.2. The van der Waals surface area contributed by atoms with E-state index in [9.17, 15) is 14.4 Å². The third-order valence-electron chi connectivity index (χ3n) is 8.08. The maximum Gasteiger partial charge on any atom is 0.269 e. The summed E-state index contributed by atoms with van der Waals surface area (Å²) in [5.41, 5.74) is 7.14. The van der Waals surface area contributed by atoms with Crippen LogP contribution in [-0.4, -0.2) is 57.8 Å². The summed E-state index contributed by atoms with van der Waals surface area (Å²) in [6.07, 6.45) is 3.62. The number of likely N-dealkylation sites (tertiary alicyclic amines) is 1. The predicted molar refractivity (Wildman–Crippen MR) is 163 cm³/mol. The number of amides is 2. The molecule has 0 saturated carbocycles. The van der Waals surface area contributed by atoms with Gasteiger partial charge in [0.05, 0.1) is 23.3 Å². The number of likely N-dealkylation sites (N-methyl/N-ethyl adjacent to an activating group) is 1. The molecule has 1 unspecified atom stereocenters. The van der Waals surface area contributed by atoms with Crippen LogP contribution in [0.1, 0.15) is 42.5 Å². The molecule has 1 aliphatic heterocycles. The van der Waals surface area contributed by atoms with Crippen molar-refractivity contribution < 1.29 is 9.59 Å². The first-order chi connectivity index (χ1) is 19.7. The molecule has 3 aromatic carbocycles. The van der Waals surface area contributed by atoms with Crippen molar-refractivity contribution >= 4 is 28.5 Å². The smallest absolute Gasteiger partial charge is 0.269 e. The molecule has 41 heavy (non-hydrogen) atoms. The standard InChI is InChI=1S/C33H37N5O3/c1-22-17-29-30(18-23(22)2)38(32(40)19-34-29)21-33(41)36(4)31(20-37-15-5-6-16-37)27-9-7-25(8-10-27)26-11-13-28(14-12-26)35-24(3)39/h7-14,17-19,31H,5-6,15-16,20-21H2,1-4H3,(H,35,39). The van der Waals surface area contributed by atoms with Crippen LogP contribution in [0.15, 0.2) is 71.7 Å². The number of nitrogens with zero attached hydrogens (tertiary/aromatic N) is 4. The van der Waals surface area contributed by atoms with Crippen LogP contribution in [0.25, 0.3) is 22.2 Å². The lowest BCUT2D eigenvalue weighted by molar-refractivity contribution is -0.133. The lowest BCUT2D eigenvalue weighted by Crippen LogP contribution is -2.41. The highest BCUT2D eigenvalue weighted by Gasteiger charge is 2.26. The van der Waals surface area contributed by atoms with Crippen LogP contribution >= 0.6 is 0 Å². The maximum atomic E-state index is 13.7. The Morgan fingerprint density at radius 3 is 2.20 bits per heavy atom. The first kappa shape index (κ1) is 28.2. The molecule has 0 spiro atoms. The van der Waals surface area contributed by atoms with Gasteiger partial charge in [0.25, 0.3) is 5.56 Å². The molecule has 8 heteroatoms. The van der Waals surface area contributed by atoms with Crippen molar-refractivity contribution in [3.8, 4) is 11.1 Å². The Morgan fingerprint density at radius 2 is 1.56 bits per heavy atom. The van der Waals surface area contributed by atoms with Crippen molar-refractivity contribution in [3.05, 3.63) is 93.9 Å². The van der Waals surface area contributed by atoms with Crippen LogP contribution in [0.3, 0.4) is 0 Å². The summed E-state index contributed by atoms with van der Waals surface area (Å²) < 4.78 is 1.54. The van der Waals surface area contributed by atoms with Gasteiger partial charge in [0.1, 0.15) is 6.54 Å². The Morgan fingerprint density at radius 1 is 0.951 bits per heavy atom. The molecule has 0 radical (unpaired) electrons. The molecule has 1 atom stereocenters. The second kappa shape index (κ2) is 12.1. The van der Waals surface area contributed by atoms with E-state index in [-0.39, 0.29) is 30.0 Å². The molecule has 5 rings (SSSR count).